The number of hydrogen-bond acceptors (Lipinski definition) is 4. The van der Waals surface area contributed by atoms with E-state index in [1.54, 1.807) is 0 Å². The zero-order valence-electron chi connectivity index (χ0n) is 13.0. The average Bonchev–Trinajstić information content (AvgIpc) is 2.43. The van der Waals surface area contributed by atoms with Crippen molar-refractivity contribution in [2.75, 3.05) is 26.4 Å². The van der Waals surface area contributed by atoms with Gasteiger partial charge in [-0.2, -0.15) is 0 Å². The largest absolute Gasteiger partial charge is 0.379 e. The topological polar surface area (TPSA) is 43.4 Å². The number of ether oxygens (including phenoxy) is 2. The molecule has 0 saturated carbocycles. The number of rotatable bonds is 11. The van der Waals surface area contributed by atoms with Gasteiger partial charge < -0.3 is 14.8 Å². The Morgan fingerprint density at radius 3 is 2.60 bits per heavy atom. The second-order valence-electron chi connectivity index (χ2n) is 5.31. The van der Waals surface area contributed by atoms with Crippen molar-refractivity contribution < 1.29 is 9.47 Å². The zero-order valence-corrected chi connectivity index (χ0v) is 13.0. The Morgan fingerprint density at radius 1 is 1.10 bits per heavy atom. The van der Waals surface area contributed by atoms with Crippen molar-refractivity contribution >= 4 is 0 Å². The van der Waals surface area contributed by atoms with Crippen LogP contribution in [0.1, 0.15) is 38.6 Å². The molecule has 114 valence electrons. The molecule has 0 aliphatic carbocycles. The molecule has 0 bridgehead atoms. The van der Waals surface area contributed by atoms with E-state index in [4.69, 9.17) is 9.47 Å². The van der Waals surface area contributed by atoms with Crippen LogP contribution in [0.2, 0.25) is 0 Å². The summed E-state index contributed by atoms with van der Waals surface area (Å²) in [5.74, 6) is 0.657. The zero-order chi connectivity index (χ0) is 14.6. The molecule has 0 saturated heterocycles. The smallest absolute Gasteiger partial charge is 0.0889 e. The van der Waals surface area contributed by atoms with Crippen molar-refractivity contribution in [3.8, 4) is 0 Å². The molecule has 0 aliphatic rings. The van der Waals surface area contributed by atoms with Crippen LogP contribution in [0.3, 0.4) is 0 Å². The van der Waals surface area contributed by atoms with Crippen LogP contribution in [-0.2, 0) is 22.6 Å². The SMILES string of the molecule is CCCOCCOCc1cccc(CNCC(C)C)n1. The van der Waals surface area contributed by atoms with Crippen LogP contribution in [0.25, 0.3) is 0 Å². The van der Waals surface area contributed by atoms with Gasteiger partial charge in [0.1, 0.15) is 0 Å². The maximum Gasteiger partial charge on any atom is 0.0889 e. The third-order valence-corrected chi connectivity index (χ3v) is 2.69. The fourth-order valence-electron chi connectivity index (χ4n) is 1.74. The van der Waals surface area contributed by atoms with E-state index in [1.807, 2.05) is 18.2 Å². The Balaban J connectivity index is 2.22. The predicted octanol–water partition coefficient (Wildman–Crippen LogP) is 2.77. The minimum atomic E-state index is 0.549. The lowest BCUT2D eigenvalue weighted by molar-refractivity contribution is 0.0397. The van der Waals surface area contributed by atoms with E-state index in [0.29, 0.717) is 25.7 Å². The van der Waals surface area contributed by atoms with Gasteiger partial charge in [0.25, 0.3) is 0 Å². The van der Waals surface area contributed by atoms with Crippen LogP contribution in [0.15, 0.2) is 18.2 Å². The van der Waals surface area contributed by atoms with Crippen molar-refractivity contribution in [2.45, 2.75) is 40.3 Å². The second-order valence-corrected chi connectivity index (χ2v) is 5.31. The van der Waals surface area contributed by atoms with Crippen LogP contribution in [0, 0.1) is 5.92 Å². The Hall–Kier alpha value is -0.970. The first-order valence-electron chi connectivity index (χ1n) is 7.53. The van der Waals surface area contributed by atoms with Gasteiger partial charge in [0.15, 0.2) is 0 Å². The summed E-state index contributed by atoms with van der Waals surface area (Å²) in [5.41, 5.74) is 2.04. The van der Waals surface area contributed by atoms with Crippen LogP contribution in [0.5, 0.6) is 0 Å². The lowest BCUT2D eigenvalue weighted by atomic mass is 10.2. The normalized spacial score (nSPS) is 11.2. The van der Waals surface area contributed by atoms with Gasteiger partial charge in [-0.25, -0.2) is 0 Å². The molecule has 0 spiro atoms. The molecule has 0 aromatic carbocycles. The van der Waals surface area contributed by atoms with Crippen molar-refractivity contribution in [3.63, 3.8) is 0 Å². The first-order valence-corrected chi connectivity index (χ1v) is 7.53. The van der Waals surface area contributed by atoms with E-state index in [-0.39, 0.29) is 0 Å². The van der Waals surface area contributed by atoms with Crippen molar-refractivity contribution in [1.82, 2.24) is 10.3 Å². The third kappa shape index (κ3) is 8.25. The summed E-state index contributed by atoms with van der Waals surface area (Å²) < 4.78 is 10.9. The number of nitrogens with zero attached hydrogens (tertiary/aromatic N) is 1. The first kappa shape index (κ1) is 17.1. The molecule has 0 atom stereocenters. The van der Waals surface area contributed by atoms with E-state index in [9.17, 15) is 0 Å². The number of nitrogens with one attached hydrogen (secondary N) is 1. The third-order valence-electron chi connectivity index (χ3n) is 2.69. The molecule has 0 amide bonds. The number of pyridine rings is 1. The lowest BCUT2D eigenvalue weighted by Crippen LogP contribution is -2.19. The van der Waals surface area contributed by atoms with Gasteiger partial charge in [0.05, 0.1) is 31.2 Å². The summed E-state index contributed by atoms with van der Waals surface area (Å²) in [4.78, 5) is 4.58. The van der Waals surface area contributed by atoms with Crippen molar-refractivity contribution in [3.05, 3.63) is 29.6 Å². The predicted molar refractivity (Wildman–Crippen MR) is 81.5 cm³/mol. The van der Waals surface area contributed by atoms with Crippen molar-refractivity contribution in [1.29, 1.82) is 0 Å². The standard InChI is InChI=1S/C16H28N2O2/c1-4-8-19-9-10-20-13-16-7-5-6-15(18-16)12-17-11-14(2)3/h5-7,14,17H,4,8-13H2,1-3H3. The molecular formula is C16H28N2O2. The van der Waals surface area contributed by atoms with Gasteiger partial charge in [-0.3, -0.25) is 4.98 Å². The maximum atomic E-state index is 5.56. The van der Waals surface area contributed by atoms with Gasteiger partial charge in [0.2, 0.25) is 0 Å². The fraction of sp³-hybridized carbons (Fsp3) is 0.688. The summed E-state index contributed by atoms with van der Waals surface area (Å²) in [6, 6.07) is 6.08. The Kier molecular flexibility index (Phi) is 9.20. The summed E-state index contributed by atoms with van der Waals surface area (Å²) in [6.07, 6.45) is 1.05. The summed E-state index contributed by atoms with van der Waals surface area (Å²) in [6.45, 7) is 11.0. The van der Waals surface area contributed by atoms with Gasteiger partial charge in [0, 0.05) is 13.2 Å². The van der Waals surface area contributed by atoms with Gasteiger partial charge >= 0.3 is 0 Å². The highest BCUT2D eigenvalue weighted by molar-refractivity contribution is 5.10. The highest BCUT2D eigenvalue weighted by Gasteiger charge is 1.99. The van der Waals surface area contributed by atoms with E-state index in [0.717, 1.165) is 37.5 Å². The molecule has 0 unspecified atom stereocenters. The van der Waals surface area contributed by atoms with E-state index >= 15 is 0 Å². The highest BCUT2D eigenvalue weighted by Crippen LogP contribution is 2.02. The molecular weight excluding hydrogens is 252 g/mol. The molecule has 1 heterocycles. The van der Waals surface area contributed by atoms with Gasteiger partial charge in [-0.15, -0.1) is 0 Å². The molecule has 20 heavy (non-hydrogen) atoms. The molecule has 0 radical (unpaired) electrons. The number of aromatic nitrogens is 1. The summed E-state index contributed by atoms with van der Waals surface area (Å²) in [7, 11) is 0. The minimum absolute atomic E-state index is 0.549. The van der Waals surface area contributed by atoms with Crippen molar-refractivity contribution in [2.24, 2.45) is 5.92 Å². The summed E-state index contributed by atoms with van der Waals surface area (Å²) >= 11 is 0. The van der Waals surface area contributed by atoms with Gasteiger partial charge in [-0.1, -0.05) is 26.8 Å². The molecule has 1 N–H and O–H groups in total. The molecule has 4 heteroatoms. The fourth-order valence-corrected chi connectivity index (χ4v) is 1.74. The summed E-state index contributed by atoms with van der Waals surface area (Å²) in [5, 5.41) is 3.40. The lowest BCUT2D eigenvalue weighted by Gasteiger charge is -2.09. The van der Waals surface area contributed by atoms with E-state index in [1.165, 1.54) is 0 Å². The van der Waals surface area contributed by atoms with E-state index in [2.05, 4.69) is 31.1 Å². The minimum Gasteiger partial charge on any atom is -0.379 e. The average molecular weight is 280 g/mol. The molecule has 1 aromatic rings. The van der Waals surface area contributed by atoms with Crippen LogP contribution in [-0.4, -0.2) is 31.3 Å². The molecule has 0 fully saturated rings. The van der Waals surface area contributed by atoms with Crippen LogP contribution < -0.4 is 5.32 Å². The second kappa shape index (κ2) is 10.8. The molecule has 0 aliphatic heterocycles. The maximum absolute atomic E-state index is 5.56. The van der Waals surface area contributed by atoms with Gasteiger partial charge in [-0.05, 0) is 31.0 Å². The Bertz CT molecular complexity index is 356. The van der Waals surface area contributed by atoms with E-state index < -0.39 is 0 Å². The molecule has 1 rings (SSSR count). The van der Waals surface area contributed by atoms with Crippen LogP contribution >= 0.6 is 0 Å². The van der Waals surface area contributed by atoms with Crippen LogP contribution in [0.4, 0.5) is 0 Å². The monoisotopic (exact) mass is 280 g/mol. The Labute approximate surface area is 122 Å². The first-order chi connectivity index (χ1) is 9.72. The Morgan fingerprint density at radius 2 is 1.85 bits per heavy atom. The number of hydrogen-bond donors (Lipinski definition) is 1. The quantitative estimate of drug-likeness (QED) is 0.633. The molecule has 1 aromatic heterocycles. The highest BCUT2D eigenvalue weighted by atomic mass is 16.5. The molecule has 4 nitrogen and oxygen atoms in total.